The minimum absolute atomic E-state index is 0.0312. The quantitative estimate of drug-likeness (QED) is 0.196. The summed E-state index contributed by atoms with van der Waals surface area (Å²) >= 11 is 0. The number of amides is 3. The lowest BCUT2D eigenvalue weighted by atomic mass is 9.94. The molecule has 0 bridgehead atoms. The van der Waals surface area contributed by atoms with E-state index in [1.54, 1.807) is 16.9 Å². The number of hydrogen-bond acceptors (Lipinski definition) is 4. The van der Waals surface area contributed by atoms with Gasteiger partial charge in [-0.2, -0.15) is 0 Å². The maximum atomic E-state index is 14.2. The lowest BCUT2D eigenvalue weighted by Gasteiger charge is -2.34. The monoisotopic (exact) mass is 603 g/mol. The highest BCUT2D eigenvalue weighted by molar-refractivity contribution is 6.25. The molecule has 1 atom stereocenters. The third-order valence-corrected chi connectivity index (χ3v) is 9.13. The molecule has 1 heterocycles. The first-order valence-electron chi connectivity index (χ1n) is 16.1. The molecule has 2 aliphatic rings. The number of ether oxygens (including phenoxy) is 1. The topological polar surface area (TPSA) is 79.0 Å². The average molecular weight is 604 g/mol. The molecule has 45 heavy (non-hydrogen) atoms. The molecule has 0 radical (unpaired) electrons. The summed E-state index contributed by atoms with van der Waals surface area (Å²) in [6.07, 6.45) is 6.44. The van der Waals surface area contributed by atoms with Gasteiger partial charge in [0.15, 0.2) is 0 Å². The molecular formula is C38H41N3O4. The minimum atomic E-state index is -0.681. The second kappa shape index (κ2) is 14.0. The van der Waals surface area contributed by atoms with Crippen LogP contribution in [0.25, 0.3) is 10.8 Å². The predicted molar refractivity (Wildman–Crippen MR) is 177 cm³/mol. The molecule has 0 unspecified atom stereocenters. The Morgan fingerprint density at radius 2 is 1.64 bits per heavy atom. The zero-order valence-corrected chi connectivity index (χ0v) is 25.9. The van der Waals surface area contributed by atoms with E-state index in [1.807, 2.05) is 91.0 Å². The smallest absolute Gasteiger partial charge is 0.258 e. The van der Waals surface area contributed by atoms with Crippen molar-refractivity contribution < 1.29 is 19.1 Å². The Hall–Kier alpha value is -4.65. The molecule has 7 nitrogen and oxygen atoms in total. The van der Waals surface area contributed by atoms with E-state index < -0.39 is 6.04 Å². The van der Waals surface area contributed by atoms with E-state index in [0.29, 0.717) is 30.7 Å². The zero-order valence-electron chi connectivity index (χ0n) is 25.9. The highest BCUT2D eigenvalue weighted by Crippen LogP contribution is 2.37. The second-order valence-electron chi connectivity index (χ2n) is 12.2. The maximum Gasteiger partial charge on any atom is 0.258 e. The summed E-state index contributed by atoms with van der Waals surface area (Å²) in [5.41, 5.74) is 3.49. The van der Waals surface area contributed by atoms with E-state index in [9.17, 15) is 14.4 Å². The van der Waals surface area contributed by atoms with E-state index in [0.717, 1.165) is 53.3 Å². The molecule has 0 spiro atoms. The SMILES string of the molecule is COc1cccc(CN(C(=O)CCCN2C(=O)c3cccc4cccc2c34)[C@@H](Cc2ccccc2)C(=O)NC2CCCCC2)c1. The number of carbonyl (C=O) groups is 3. The molecule has 0 saturated heterocycles. The van der Waals surface area contributed by atoms with Crippen molar-refractivity contribution in [1.29, 1.82) is 0 Å². The summed E-state index contributed by atoms with van der Waals surface area (Å²) in [4.78, 5) is 45.1. The minimum Gasteiger partial charge on any atom is -0.497 e. The Balaban J connectivity index is 1.24. The van der Waals surface area contributed by atoms with Crippen LogP contribution in [0.15, 0.2) is 91.0 Å². The summed E-state index contributed by atoms with van der Waals surface area (Å²) in [6, 6.07) is 28.8. The van der Waals surface area contributed by atoms with Crippen LogP contribution >= 0.6 is 0 Å². The molecule has 6 rings (SSSR count). The molecule has 1 aliphatic heterocycles. The fourth-order valence-corrected chi connectivity index (χ4v) is 6.80. The van der Waals surface area contributed by atoms with Crippen LogP contribution in [-0.4, -0.2) is 48.4 Å². The normalized spacial score (nSPS) is 15.2. The maximum absolute atomic E-state index is 14.2. The van der Waals surface area contributed by atoms with Crippen LogP contribution in [-0.2, 0) is 22.6 Å². The van der Waals surface area contributed by atoms with Gasteiger partial charge in [-0.1, -0.05) is 86.0 Å². The molecule has 1 saturated carbocycles. The largest absolute Gasteiger partial charge is 0.497 e. The predicted octanol–water partition coefficient (Wildman–Crippen LogP) is 6.68. The van der Waals surface area contributed by atoms with Crippen molar-refractivity contribution in [2.24, 2.45) is 0 Å². The molecule has 1 fully saturated rings. The van der Waals surface area contributed by atoms with Gasteiger partial charge in [0, 0.05) is 42.9 Å². The number of methoxy groups -OCH3 is 1. The van der Waals surface area contributed by atoms with Gasteiger partial charge in [0.1, 0.15) is 11.8 Å². The first-order chi connectivity index (χ1) is 22.0. The average Bonchev–Trinajstić information content (AvgIpc) is 3.35. The Morgan fingerprint density at radius 1 is 0.911 bits per heavy atom. The van der Waals surface area contributed by atoms with Crippen molar-refractivity contribution in [3.05, 3.63) is 108 Å². The number of carbonyl (C=O) groups excluding carboxylic acids is 3. The lowest BCUT2D eigenvalue weighted by Crippen LogP contribution is -2.52. The van der Waals surface area contributed by atoms with Gasteiger partial charge in [-0.05, 0) is 60.0 Å². The number of anilines is 1. The first-order valence-corrected chi connectivity index (χ1v) is 16.1. The van der Waals surface area contributed by atoms with E-state index in [1.165, 1.54) is 6.42 Å². The highest BCUT2D eigenvalue weighted by atomic mass is 16.5. The Morgan fingerprint density at radius 3 is 2.42 bits per heavy atom. The van der Waals surface area contributed by atoms with Crippen molar-refractivity contribution in [3.8, 4) is 5.75 Å². The summed E-state index contributed by atoms with van der Waals surface area (Å²) in [6.45, 7) is 0.696. The van der Waals surface area contributed by atoms with Crippen molar-refractivity contribution in [1.82, 2.24) is 10.2 Å². The van der Waals surface area contributed by atoms with Crippen LogP contribution in [0.5, 0.6) is 5.75 Å². The fraction of sp³-hybridized carbons (Fsp3) is 0.342. The summed E-state index contributed by atoms with van der Waals surface area (Å²) in [7, 11) is 1.62. The molecule has 1 N–H and O–H groups in total. The number of nitrogens with zero attached hydrogens (tertiary/aromatic N) is 2. The van der Waals surface area contributed by atoms with Crippen molar-refractivity contribution in [2.75, 3.05) is 18.6 Å². The Bertz CT molecular complexity index is 1660. The second-order valence-corrected chi connectivity index (χ2v) is 12.2. The molecular weight excluding hydrogens is 562 g/mol. The summed E-state index contributed by atoms with van der Waals surface area (Å²) < 4.78 is 5.46. The van der Waals surface area contributed by atoms with Gasteiger partial charge >= 0.3 is 0 Å². The molecule has 1 aliphatic carbocycles. The van der Waals surface area contributed by atoms with Gasteiger partial charge in [0.2, 0.25) is 11.8 Å². The zero-order chi connectivity index (χ0) is 31.2. The van der Waals surface area contributed by atoms with Crippen LogP contribution in [0.1, 0.15) is 66.4 Å². The molecule has 4 aromatic rings. The standard InChI is InChI=1S/C38H41N3O4/c1-45-31-19-8-14-28(24-31)26-41(34(25-27-12-4-2-5-13-27)37(43)39-30-17-6-3-7-18-30)35(42)22-11-23-40-33-21-10-16-29-15-9-20-32(36(29)33)38(40)44/h2,4-5,8-10,12-16,19-21,24,30,34H,3,6-7,11,17-18,22-23,25-26H2,1H3,(H,39,43)/t34-/m0/s1. The van der Waals surface area contributed by atoms with E-state index in [-0.39, 0.29) is 36.7 Å². The van der Waals surface area contributed by atoms with Crippen LogP contribution in [0, 0.1) is 0 Å². The van der Waals surface area contributed by atoms with Crippen molar-refractivity contribution >= 4 is 34.2 Å². The number of benzene rings is 4. The van der Waals surface area contributed by atoms with E-state index in [4.69, 9.17) is 4.74 Å². The van der Waals surface area contributed by atoms with Crippen LogP contribution < -0.4 is 15.0 Å². The summed E-state index contributed by atoms with van der Waals surface area (Å²) in [5.74, 6) is 0.447. The Kier molecular flexibility index (Phi) is 9.44. The van der Waals surface area contributed by atoms with Crippen molar-refractivity contribution in [2.45, 2.75) is 70.0 Å². The van der Waals surface area contributed by atoms with E-state index >= 15 is 0 Å². The van der Waals surface area contributed by atoms with Gasteiger partial charge in [-0.3, -0.25) is 14.4 Å². The third kappa shape index (κ3) is 6.88. The highest BCUT2D eigenvalue weighted by Gasteiger charge is 2.33. The number of nitrogens with one attached hydrogen (secondary N) is 1. The van der Waals surface area contributed by atoms with E-state index in [2.05, 4.69) is 5.32 Å². The molecule has 4 aromatic carbocycles. The lowest BCUT2D eigenvalue weighted by molar-refractivity contribution is -0.141. The fourth-order valence-electron chi connectivity index (χ4n) is 6.80. The molecule has 7 heteroatoms. The summed E-state index contributed by atoms with van der Waals surface area (Å²) in [5, 5.41) is 5.31. The third-order valence-electron chi connectivity index (χ3n) is 9.13. The molecule has 232 valence electrons. The van der Waals surface area contributed by atoms with Crippen molar-refractivity contribution in [3.63, 3.8) is 0 Å². The van der Waals surface area contributed by atoms with Gasteiger partial charge < -0.3 is 19.9 Å². The van der Waals surface area contributed by atoms with Gasteiger partial charge in [0.25, 0.3) is 5.91 Å². The van der Waals surface area contributed by atoms with Crippen LogP contribution in [0.3, 0.4) is 0 Å². The van der Waals surface area contributed by atoms with Crippen LogP contribution in [0.2, 0.25) is 0 Å². The van der Waals surface area contributed by atoms with Gasteiger partial charge in [-0.15, -0.1) is 0 Å². The molecule has 0 aromatic heterocycles. The Labute approximate surface area is 265 Å². The van der Waals surface area contributed by atoms with Gasteiger partial charge in [0.05, 0.1) is 12.8 Å². The molecule has 3 amide bonds. The van der Waals surface area contributed by atoms with Crippen LogP contribution in [0.4, 0.5) is 5.69 Å². The number of rotatable bonds is 12. The van der Waals surface area contributed by atoms with Gasteiger partial charge in [-0.25, -0.2) is 0 Å². The first kappa shape index (κ1) is 30.4. The number of hydrogen-bond donors (Lipinski definition) is 1.